The highest BCUT2D eigenvalue weighted by molar-refractivity contribution is 5.90. The van der Waals surface area contributed by atoms with Crippen molar-refractivity contribution in [2.45, 2.75) is 45.7 Å². The maximum absolute atomic E-state index is 12.4. The molecule has 4 nitrogen and oxygen atoms in total. The zero-order valence-electron chi connectivity index (χ0n) is 17.3. The molecule has 4 heteroatoms. The van der Waals surface area contributed by atoms with Crippen LogP contribution in [0, 0.1) is 6.92 Å². The molecule has 29 heavy (non-hydrogen) atoms. The van der Waals surface area contributed by atoms with Crippen LogP contribution in [-0.4, -0.2) is 25.0 Å². The predicted molar refractivity (Wildman–Crippen MR) is 118 cm³/mol. The zero-order valence-corrected chi connectivity index (χ0v) is 17.3. The number of fused-ring (bicyclic) bond motifs is 2. The third-order valence-electron chi connectivity index (χ3n) is 6.45. The molecular weight excluding hydrogens is 360 g/mol. The number of hydrogen-bond acceptors (Lipinski definition) is 4. The molecule has 0 unspecified atom stereocenters. The molecule has 0 amide bonds. The molecule has 2 aliphatic rings. The van der Waals surface area contributed by atoms with E-state index in [0.29, 0.717) is 0 Å². The molecule has 0 radical (unpaired) electrons. The van der Waals surface area contributed by atoms with Gasteiger partial charge in [0.05, 0.1) is 0 Å². The van der Waals surface area contributed by atoms with Crippen molar-refractivity contribution in [3.05, 3.63) is 74.6 Å². The molecule has 0 bridgehead atoms. The summed E-state index contributed by atoms with van der Waals surface area (Å²) >= 11 is 0. The van der Waals surface area contributed by atoms with Gasteiger partial charge in [0, 0.05) is 48.9 Å². The molecule has 0 fully saturated rings. The Morgan fingerprint density at radius 2 is 1.79 bits per heavy atom. The fourth-order valence-electron chi connectivity index (χ4n) is 5.09. The van der Waals surface area contributed by atoms with Gasteiger partial charge in [0.1, 0.15) is 5.58 Å². The smallest absolute Gasteiger partial charge is 0.336 e. The molecular formula is C25H28N2O2. The van der Waals surface area contributed by atoms with Crippen LogP contribution in [0.5, 0.6) is 0 Å². The first kappa shape index (κ1) is 18.4. The summed E-state index contributed by atoms with van der Waals surface area (Å²) in [5, 5.41) is 1.12. The van der Waals surface area contributed by atoms with Crippen LogP contribution in [-0.2, 0) is 25.9 Å². The third kappa shape index (κ3) is 3.36. The van der Waals surface area contributed by atoms with Gasteiger partial charge in [-0.1, -0.05) is 24.3 Å². The van der Waals surface area contributed by atoms with E-state index in [1.807, 2.05) is 0 Å². The fourth-order valence-corrected chi connectivity index (χ4v) is 5.09. The molecule has 3 aromatic rings. The highest BCUT2D eigenvalue weighted by Gasteiger charge is 2.27. The van der Waals surface area contributed by atoms with Crippen molar-refractivity contribution in [2.75, 3.05) is 25.0 Å². The maximum Gasteiger partial charge on any atom is 0.336 e. The molecule has 0 aliphatic carbocycles. The van der Waals surface area contributed by atoms with Gasteiger partial charge in [0.25, 0.3) is 0 Å². The normalized spacial score (nSPS) is 15.8. The van der Waals surface area contributed by atoms with E-state index in [-0.39, 0.29) is 5.63 Å². The van der Waals surface area contributed by atoms with E-state index in [0.717, 1.165) is 62.0 Å². The summed E-state index contributed by atoms with van der Waals surface area (Å²) in [7, 11) is 2.12. The van der Waals surface area contributed by atoms with Crippen LogP contribution in [0.1, 0.15) is 40.7 Å². The molecule has 0 atom stereocenters. The van der Waals surface area contributed by atoms with E-state index in [1.165, 1.54) is 34.4 Å². The van der Waals surface area contributed by atoms with E-state index >= 15 is 0 Å². The fraction of sp³-hybridized carbons (Fsp3) is 0.400. The number of aryl methyl sites for hydroxylation is 3. The lowest BCUT2D eigenvalue weighted by Gasteiger charge is -2.37. The van der Waals surface area contributed by atoms with Crippen LogP contribution in [0.3, 0.4) is 0 Å². The Morgan fingerprint density at radius 3 is 2.62 bits per heavy atom. The average molecular weight is 389 g/mol. The van der Waals surface area contributed by atoms with Crippen molar-refractivity contribution in [3.63, 3.8) is 0 Å². The van der Waals surface area contributed by atoms with Crippen LogP contribution in [0.2, 0.25) is 0 Å². The Kier molecular flexibility index (Phi) is 4.67. The van der Waals surface area contributed by atoms with Crippen molar-refractivity contribution in [2.24, 2.45) is 0 Å². The first-order valence-corrected chi connectivity index (χ1v) is 10.7. The van der Waals surface area contributed by atoms with Crippen LogP contribution < -0.4 is 10.5 Å². The van der Waals surface area contributed by atoms with E-state index in [9.17, 15) is 4.79 Å². The van der Waals surface area contributed by atoms with E-state index in [4.69, 9.17) is 4.42 Å². The quantitative estimate of drug-likeness (QED) is 0.620. The van der Waals surface area contributed by atoms with Gasteiger partial charge >= 0.3 is 5.63 Å². The minimum absolute atomic E-state index is 0.235. The Labute approximate surface area is 171 Å². The summed E-state index contributed by atoms with van der Waals surface area (Å²) in [6.45, 7) is 5.99. The first-order chi connectivity index (χ1) is 14.1. The Balaban J connectivity index is 1.56. The van der Waals surface area contributed by atoms with Crippen molar-refractivity contribution in [3.8, 4) is 0 Å². The number of rotatable bonds is 4. The Bertz CT molecular complexity index is 1130. The van der Waals surface area contributed by atoms with Gasteiger partial charge in [-0.25, -0.2) is 4.79 Å². The van der Waals surface area contributed by atoms with E-state index in [2.05, 4.69) is 54.1 Å². The lowest BCUT2D eigenvalue weighted by atomic mass is 9.89. The number of anilines is 1. The molecule has 2 aromatic carbocycles. The first-order valence-electron chi connectivity index (χ1n) is 10.7. The second-order valence-corrected chi connectivity index (χ2v) is 8.62. The summed E-state index contributed by atoms with van der Waals surface area (Å²) < 4.78 is 5.79. The van der Waals surface area contributed by atoms with Gasteiger partial charge in [0.2, 0.25) is 0 Å². The summed E-state index contributed by atoms with van der Waals surface area (Å²) in [6, 6.07) is 12.5. The minimum atomic E-state index is -0.235. The number of nitrogens with zero attached hydrogens (tertiary/aromatic N) is 2. The summed E-state index contributed by atoms with van der Waals surface area (Å²) in [4.78, 5) is 17.2. The molecule has 0 N–H and O–H groups in total. The van der Waals surface area contributed by atoms with Crippen LogP contribution in [0.25, 0.3) is 11.0 Å². The maximum atomic E-state index is 12.4. The molecule has 5 rings (SSSR count). The van der Waals surface area contributed by atoms with Gasteiger partial charge in [-0.05, 0) is 68.0 Å². The minimum Gasteiger partial charge on any atom is -0.422 e. The second kappa shape index (κ2) is 7.34. The average Bonchev–Trinajstić information content (AvgIpc) is 2.71. The van der Waals surface area contributed by atoms with E-state index < -0.39 is 0 Å². The largest absolute Gasteiger partial charge is 0.422 e. The van der Waals surface area contributed by atoms with Gasteiger partial charge < -0.3 is 9.32 Å². The number of benzene rings is 2. The van der Waals surface area contributed by atoms with Gasteiger partial charge in [-0.15, -0.1) is 0 Å². The Hall–Kier alpha value is -2.59. The van der Waals surface area contributed by atoms with Crippen molar-refractivity contribution >= 4 is 16.7 Å². The SMILES string of the molecule is Cc1ccccc1CN(C)Cc1cc(=O)oc2c3c4c(cc12)CCCN4CCC3. The van der Waals surface area contributed by atoms with Crippen LogP contribution >= 0.6 is 0 Å². The molecule has 0 saturated carbocycles. The zero-order chi connectivity index (χ0) is 20.0. The second-order valence-electron chi connectivity index (χ2n) is 8.62. The van der Waals surface area contributed by atoms with E-state index in [1.54, 1.807) is 6.07 Å². The third-order valence-corrected chi connectivity index (χ3v) is 6.45. The summed E-state index contributed by atoms with van der Waals surface area (Å²) in [6.07, 6.45) is 4.46. The van der Waals surface area contributed by atoms with Gasteiger partial charge in [-0.3, -0.25) is 4.90 Å². The lowest BCUT2D eigenvalue weighted by molar-refractivity contribution is 0.318. The topological polar surface area (TPSA) is 36.7 Å². The van der Waals surface area contributed by atoms with Crippen molar-refractivity contribution in [1.29, 1.82) is 0 Å². The van der Waals surface area contributed by atoms with Crippen LogP contribution in [0.4, 0.5) is 5.69 Å². The Morgan fingerprint density at radius 1 is 1.03 bits per heavy atom. The van der Waals surface area contributed by atoms with Gasteiger partial charge in [-0.2, -0.15) is 0 Å². The predicted octanol–water partition coefficient (Wildman–Crippen LogP) is 4.43. The molecule has 0 saturated heterocycles. The molecule has 2 aliphatic heterocycles. The monoisotopic (exact) mass is 388 g/mol. The highest BCUT2D eigenvalue weighted by Crippen LogP contribution is 2.40. The van der Waals surface area contributed by atoms with Gasteiger partial charge in [0.15, 0.2) is 0 Å². The molecule has 0 spiro atoms. The molecule has 3 heterocycles. The summed E-state index contributed by atoms with van der Waals surface area (Å²) in [5.41, 5.74) is 8.32. The lowest BCUT2D eigenvalue weighted by Crippen LogP contribution is -2.34. The highest BCUT2D eigenvalue weighted by atomic mass is 16.4. The summed E-state index contributed by atoms with van der Waals surface area (Å²) in [5.74, 6) is 0. The molecule has 150 valence electrons. The van der Waals surface area contributed by atoms with Crippen LogP contribution in [0.15, 0.2) is 45.6 Å². The van der Waals surface area contributed by atoms with Crippen molar-refractivity contribution < 1.29 is 4.42 Å². The van der Waals surface area contributed by atoms with Crippen molar-refractivity contribution in [1.82, 2.24) is 4.90 Å². The standard InChI is InChI=1S/C25H28N2O2/c1-17-7-3-4-8-19(17)15-26(2)16-20-14-23(28)29-25-21-10-6-12-27-11-5-9-18(24(21)27)13-22(20)25/h3-4,7-8,13-14H,5-6,9-12,15-16H2,1-2H3. The number of hydrogen-bond donors (Lipinski definition) is 0. The molecule has 1 aromatic heterocycles.